The quantitative estimate of drug-likeness (QED) is 0.496. The summed E-state index contributed by atoms with van der Waals surface area (Å²) in [5.41, 5.74) is 1.65. The number of halogens is 2. The summed E-state index contributed by atoms with van der Waals surface area (Å²) in [5.74, 6) is 0.0737. The lowest BCUT2D eigenvalue weighted by Gasteiger charge is -2.57. The average Bonchev–Trinajstić information content (AvgIpc) is 2.82. The van der Waals surface area contributed by atoms with Gasteiger partial charge in [0.25, 0.3) is 0 Å². The van der Waals surface area contributed by atoms with Crippen molar-refractivity contribution in [1.29, 1.82) is 0 Å². The molecule has 3 amide bonds. The molecule has 0 spiro atoms. The molecular formula is C29H42F2N4O2. The molecule has 0 radical (unpaired) electrons. The van der Waals surface area contributed by atoms with E-state index in [1.54, 1.807) is 4.90 Å². The van der Waals surface area contributed by atoms with Gasteiger partial charge < -0.3 is 15.1 Å². The number of benzene rings is 1. The number of urea groups is 1. The number of hydrogen-bond acceptors (Lipinski definition) is 3. The van der Waals surface area contributed by atoms with Gasteiger partial charge in [-0.1, -0.05) is 46.3 Å². The molecule has 1 N–H and O–H groups in total. The Morgan fingerprint density at radius 2 is 1.84 bits per heavy atom. The lowest BCUT2D eigenvalue weighted by Crippen LogP contribution is -2.53. The maximum Gasteiger partial charge on any atom is 0.322 e. The van der Waals surface area contributed by atoms with E-state index < -0.39 is 17.7 Å². The van der Waals surface area contributed by atoms with Gasteiger partial charge in [-0.2, -0.15) is 0 Å². The first-order valence-corrected chi connectivity index (χ1v) is 13.5. The fourth-order valence-electron chi connectivity index (χ4n) is 5.96. The Kier molecular flexibility index (Phi) is 7.98. The highest BCUT2D eigenvalue weighted by molar-refractivity contribution is 5.89. The molecule has 1 aromatic carbocycles. The van der Waals surface area contributed by atoms with Crippen molar-refractivity contribution in [2.45, 2.75) is 53.9 Å². The number of carbonyl (C=O) groups excluding carboxylic acids is 2. The van der Waals surface area contributed by atoms with E-state index in [0.717, 1.165) is 31.0 Å². The van der Waals surface area contributed by atoms with Crippen LogP contribution in [0.2, 0.25) is 0 Å². The van der Waals surface area contributed by atoms with E-state index in [4.69, 9.17) is 0 Å². The van der Waals surface area contributed by atoms with Crippen LogP contribution >= 0.6 is 0 Å². The number of hydrogen-bond donors (Lipinski definition) is 1. The molecule has 2 unspecified atom stereocenters. The van der Waals surface area contributed by atoms with Crippen molar-refractivity contribution in [3.63, 3.8) is 0 Å². The highest BCUT2D eigenvalue weighted by Gasteiger charge is 2.51. The molecule has 1 heterocycles. The van der Waals surface area contributed by atoms with E-state index in [9.17, 15) is 18.4 Å². The van der Waals surface area contributed by atoms with Crippen LogP contribution in [0.15, 0.2) is 29.8 Å². The standard InChI is InChI=1S/C29H42F2N4O2/c1-28(2,3)18-26(36)35(19-20-6-7-21-16-23(20)29(21,4)5)15-12-33-10-13-34(14-11-33)27(37)32-25-9-8-22(30)17-24(25)31/h6,8-9,17,21,23H,7,10-16,18-19H2,1-5H3,(H,32,37). The van der Waals surface area contributed by atoms with Gasteiger partial charge in [0.15, 0.2) is 0 Å². The van der Waals surface area contributed by atoms with Crippen molar-refractivity contribution >= 4 is 17.6 Å². The first-order valence-electron chi connectivity index (χ1n) is 13.5. The maximum atomic E-state index is 13.9. The van der Waals surface area contributed by atoms with E-state index in [0.29, 0.717) is 57.0 Å². The van der Waals surface area contributed by atoms with Gasteiger partial charge in [0.05, 0.1) is 5.69 Å². The van der Waals surface area contributed by atoms with Crippen LogP contribution in [0.5, 0.6) is 0 Å². The third kappa shape index (κ3) is 6.51. The highest BCUT2D eigenvalue weighted by atomic mass is 19.1. The van der Waals surface area contributed by atoms with Crippen molar-refractivity contribution < 1.29 is 18.4 Å². The largest absolute Gasteiger partial charge is 0.337 e. The van der Waals surface area contributed by atoms with Gasteiger partial charge >= 0.3 is 6.03 Å². The Morgan fingerprint density at radius 3 is 2.43 bits per heavy atom. The molecule has 2 atom stereocenters. The number of carbonyl (C=O) groups is 2. The summed E-state index contributed by atoms with van der Waals surface area (Å²) in [7, 11) is 0. The molecule has 4 aliphatic rings. The summed E-state index contributed by atoms with van der Waals surface area (Å²) < 4.78 is 27.0. The van der Waals surface area contributed by atoms with Crippen molar-refractivity contribution in [3.8, 4) is 0 Å². The van der Waals surface area contributed by atoms with Gasteiger partial charge in [-0.3, -0.25) is 9.69 Å². The highest BCUT2D eigenvalue weighted by Crippen LogP contribution is 2.59. The van der Waals surface area contributed by atoms with Gasteiger partial charge in [0.2, 0.25) is 5.91 Å². The first-order chi connectivity index (χ1) is 17.3. The van der Waals surface area contributed by atoms with Crippen LogP contribution in [0.1, 0.15) is 53.9 Å². The summed E-state index contributed by atoms with van der Waals surface area (Å²) in [6.45, 7) is 15.5. The Morgan fingerprint density at radius 1 is 1.14 bits per heavy atom. The summed E-state index contributed by atoms with van der Waals surface area (Å²) in [6, 6.07) is 2.72. The fourth-order valence-corrected chi connectivity index (χ4v) is 5.96. The Labute approximate surface area is 220 Å². The van der Waals surface area contributed by atoms with Crippen molar-refractivity contribution in [2.24, 2.45) is 22.7 Å². The molecule has 1 saturated heterocycles. The van der Waals surface area contributed by atoms with E-state index in [1.807, 2.05) is 4.90 Å². The smallest absolute Gasteiger partial charge is 0.322 e. The number of nitrogens with one attached hydrogen (secondary N) is 1. The second-order valence-electron chi connectivity index (χ2n) is 12.8. The maximum absolute atomic E-state index is 13.9. The number of piperazine rings is 1. The molecule has 1 aliphatic heterocycles. The number of amides is 3. The average molecular weight is 517 g/mol. The van der Waals surface area contributed by atoms with Gasteiger partial charge in [-0.25, -0.2) is 13.6 Å². The lowest BCUT2D eigenvalue weighted by atomic mass is 9.49. The number of allylic oxidation sites excluding steroid dienone is 1. The molecule has 5 rings (SSSR count). The van der Waals surface area contributed by atoms with Crippen LogP contribution in [-0.2, 0) is 4.79 Å². The second kappa shape index (κ2) is 10.7. The lowest BCUT2D eigenvalue weighted by molar-refractivity contribution is -0.133. The van der Waals surface area contributed by atoms with Crippen molar-refractivity contribution in [1.82, 2.24) is 14.7 Å². The van der Waals surface area contributed by atoms with Crippen LogP contribution in [0.4, 0.5) is 19.3 Å². The molecule has 204 valence electrons. The Bertz CT molecular complexity index is 1040. The van der Waals surface area contributed by atoms with Gasteiger partial charge in [0.1, 0.15) is 11.6 Å². The SMILES string of the molecule is CC(C)(C)CC(=O)N(CCN1CCN(C(=O)Nc2ccc(F)cc2F)CC1)CC1=CCC2CC1C2(C)C. The van der Waals surface area contributed by atoms with Crippen molar-refractivity contribution in [3.05, 3.63) is 41.5 Å². The third-order valence-corrected chi connectivity index (χ3v) is 8.51. The van der Waals surface area contributed by atoms with Gasteiger partial charge in [-0.15, -0.1) is 0 Å². The molecule has 1 saturated carbocycles. The minimum Gasteiger partial charge on any atom is -0.337 e. The minimum atomic E-state index is -0.791. The zero-order chi connectivity index (χ0) is 27.0. The number of rotatable bonds is 7. The number of fused-ring (bicyclic) bond motifs is 1. The van der Waals surface area contributed by atoms with Crippen LogP contribution < -0.4 is 5.32 Å². The molecule has 2 fully saturated rings. The zero-order valence-corrected chi connectivity index (χ0v) is 22.9. The van der Waals surface area contributed by atoms with E-state index in [1.165, 1.54) is 18.1 Å². The second-order valence-corrected chi connectivity index (χ2v) is 12.8. The number of nitrogens with zero attached hydrogens (tertiary/aromatic N) is 3. The molecule has 1 aromatic rings. The van der Waals surface area contributed by atoms with E-state index in [-0.39, 0.29) is 17.0 Å². The summed E-state index contributed by atoms with van der Waals surface area (Å²) in [6.07, 6.45) is 5.26. The van der Waals surface area contributed by atoms with Crippen LogP contribution in [-0.4, -0.2) is 72.5 Å². The molecule has 2 bridgehead atoms. The first kappa shape index (κ1) is 27.6. The molecule has 37 heavy (non-hydrogen) atoms. The summed E-state index contributed by atoms with van der Waals surface area (Å²) >= 11 is 0. The minimum absolute atomic E-state index is 0.0280. The molecule has 3 aliphatic carbocycles. The molecular weight excluding hydrogens is 474 g/mol. The Balaban J connectivity index is 1.30. The van der Waals surface area contributed by atoms with Crippen molar-refractivity contribution in [2.75, 3.05) is 51.1 Å². The van der Waals surface area contributed by atoms with Crippen LogP contribution in [0.25, 0.3) is 0 Å². The normalized spacial score (nSPS) is 23.2. The van der Waals surface area contributed by atoms with Gasteiger partial charge in [0, 0.05) is 58.3 Å². The summed E-state index contributed by atoms with van der Waals surface area (Å²) in [4.78, 5) is 31.9. The summed E-state index contributed by atoms with van der Waals surface area (Å²) in [5, 5.41) is 2.54. The molecule has 6 nitrogen and oxygen atoms in total. The predicted octanol–water partition coefficient (Wildman–Crippen LogP) is 5.37. The van der Waals surface area contributed by atoms with Gasteiger partial charge in [-0.05, 0) is 47.6 Å². The monoisotopic (exact) mass is 516 g/mol. The van der Waals surface area contributed by atoms with Crippen LogP contribution in [0, 0.1) is 34.3 Å². The zero-order valence-electron chi connectivity index (χ0n) is 22.9. The molecule has 0 aromatic heterocycles. The van der Waals surface area contributed by atoms with E-state index >= 15 is 0 Å². The Hall–Kier alpha value is -2.48. The number of anilines is 1. The molecule has 8 heteroatoms. The van der Waals surface area contributed by atoms with E-state index in [2.05, 4.69) is 50.9 Å². The topological polar surface area (TPSA) is 55.9 Å². The van der Waals surface area contributed by atoms with Crippen LogP contribution in [0.3, 0.4) is 0 Å². The third-order valence-electron chi connectivity index (χ3n) is 8.51. The fraction of sp³-hybridized carbons (Fsp3) is 0.655. The predicted molar refractivity (Wildman–Crippen MR) is 142 cm³/mol.